The van der Waals surface area contributed by atoms with Gasteiger partial charge in [-0.15, -0.1) is 0 Å². The van der Waals surface area contributed by atoms with Crippen molar-refractivity contribution in [3.05, 3.63) is 23.8 Å². The molecule has 5 nitrogen and oxygen atoms in total. The van der Waals surface area contributed by atoms with Crippen LogP contribution in [0.1, 0.15) is 36.0 Å². The third-order valence-electron chi connectivity index (χ3n) is 3.85. The SMILES string of the molecule is CN(C)c1ccc(NC(=O)C2CC2)cc1C(=O)NC1CC1. The Kier molecular flexibility index (Phi) is 3.57. The molecular weight excluding hydrogens is 266 g/mol. The summed E-state index contributed by atoms with van der Waals surface area (Å²) in [7, 11) is 3.82. The highest BCUT2D eigenvalue weighted by Gasteiger charge is 2.30. The Hall–Kier alpha value is -2.04. The van der Waals surface area contributed by atoms with Crippen molar-refractivity contribution in [3.8, 4) is 0 Å². The minimum absolute atomic E-state index is 0.0566. The summed E-state index contributed by atoms with van der Waals surface area (Å²) in [6, 6.07) is 5.82. The third-order valence-corrected chi connectivity index (χ3v) is 3.85. The summed E-state index contributed by atoms with van der Waals surface area (Å²) in [5.74, 6) is 0.146. The zero-order chi connectivity index (χ0) is 15.0. The van der Waals surface area contributed by atoms with Crippen LogP contribution in [0.4, 0.5) is 11.4 Å². The van der Waals surface area contributed by atoms with E-state index in [-0.39, 0.29) is 17.7 Å². The van der Waals surface area contributed by atoms with Gasteiger partial charge in [0.1, 0.15) is 0 Å². The quantitative estimate of drug-likeness (QED) is 0.870. The predicted molar refractivity (Wildman–Crippen MR) is 82.6 cm³/mol. The molecule has 1 aromatic carbocycles. The number of anilines is 2. The number of benzene rings is 1. The van der Waals surface area contributed by atoms with Gasteiger partial charge in [0.25, 0.3) is 5.91 Å². The van der Waals surface area contributed by atoms with E-state index >= 15 is 0 Å². The van der Waals surface area contributed by atoms with Crippen LogP contribution in [0.2, 0.25) is 0 Å². The van der Waals surface area contributed by atoms with Crippen molar-refractivity contribution in [3.63, 3.8) is 0 Å². The van der Waals surface area contributed by atoms with E-state index in [0.29, 0.717) is 17.3 Å². The second-order valence-corrected chi connectivity index (χ2v) is 6.14. The van der Waals surface area contributed by atoms with Crippen LogP contribution in [0.5, 0.6) is 0 Å². The second-order valence-electron chi connectivity index (χ2n) is 6.14. The fourth-order valence-corrected chi connectivity index (χ4v) is 2.27. The first-order valence-electron chi connectivity index (χ1n) is 7.47. The molecule has 0 heterocycles. The molecule has 1 aromatic rings. The van der Waals surface area contributed by atoms with Crippen molar-refractivity contribution in [1.29, 1.82) is 0 Å². The molecule has 0 aromatic heterocycles. The van der Waals surface area contributed by atoms with E-state index in [1.54, 1.807) is 6.07 Å². The first-order valence-corrected chi connectivity index (χ1v) is 7.47. The molecule has 2 saturated carbocycles. The van der Waals surface area contributed by atoms with E-state index < -0.39 is 0 Å². The molecule has 2 amide bonds. The van der Waals surface area contributed by atoms with Gasteiger partial charge < -0.3 is 15.5 Å². The molecule has 112 valence electrons. The number of rotatable bonds is 5. The summed E-state index contributed by atoms with van der Waals surface area (Å²) < 4.78 is 0. The number of hydrogen-bond donors (Lipinski definition) is 2. The second kappa shape index (κ2) is 5.39. The molecule has 2 N–H and O–H groups in total. The summed E-state index contributed by atoms with van der Waals surface area (Å²) in [5, 5.41) is 5.90. The summed E-state index contributed by atoms with van der Waals surface area (Å²) in [4.78, 5) is 26.1. The zero-order valence-corrected chi connectivity index (χ0v) is 12.5. The van der Waals surface area contributed by atoms with Crippen molar-refractivity contribution in [2.75, 3.05) is 24.3 Å². The van der Waals surface area contributed by atoms with E-state index in [1.807, 2.05) is 31.1 Å². The zero-order valence-electron chi connectivity index (χ0n) is 12.5. The number of amides is 2. The van der Waals surface area contributed by atoms with Gasteiger partial charge in [-0.3, -0.25) is 9.59 Å². The number of carbonyl (C=O) groups is 2. The average molecular weight is 287 g/mol. The molecule has 3 rings (SSSR count). The minimum atomic E-state index is -0.0660. The highest BCUT2D eigenvalue weighted by atomic mass is 16.2. The van der Waals surface area contributed by atoms with Crippen molar-refractivity contribution in [2.45, 2.75) is 31.7 Å². The number of carbonyl (C=O) groups excluding carboxylic acids is 2. The largest absolute Gasteiger partial charge is 0.377 e. The molecule has 0 radical (unpaired) electrons. The van der Waals surface area contributed by atoms with Crippen molar-refractivity contribution < 1.29 is 9.59 Å². The van der Waals surface area contributed by atoms with Gasteiger partial charge in [0.15, 0.2) is 0 Å². The highest BCUT2D eigenvalue weighted by Crippen LogP contribution is 2.31. The molecule has 0 saturated heterocycles. The predicted octanol–water partition coefficient (Wildman–Crippen LogP) is 1.99. The first-order chi connectivity index (χ1) is 10.0. The molecule has 0 bridgehead atoms. The third kappa shape index (κ3) is 3.35. The van der Waals surface area contributed by atoms with Crippen molar-refractivity contribution >= 4 is 23.2 Å². The van der Waals surface area contributed by atoms with Crippen LogP contribution < -0.4 is 15.5 Å². The van der Waals surface area contributed by atoms with Crippen LogP contribution in [-0.4, -0.2) is 32.0 Å². The van der Waals surface area contributed by atoms with Crippen LogP contribution in [0, 0.1) is 5.92 Å². The van der Waals surface area contributed by atoms with E-state index in [4.69, 9.17) is 0 Å². The lowest BCUT2D eigenvalue weighted by atomic mass is 10.1. The average Bonchev–Trinajstić information content (AvgIpc) is 3.31. The Morgan fingerprint density at radius 2 is 1.86 bits per heavy atom. The maximum Gasteiger partial charge on any atom is 0.253 e. The Morgan fingerprint density at radius 1 is 1.14 bits per heavy atom. The lowest BCUT2D eigenvalue weighted by Crippen LogP contribution is -2.27. The van der Waals surface area contributed by atoms with Crippen LogP contribution in [0.3, 0.4) is 0 Å². The molecule has 2 fully saturated rings. The van der Waals surface area contributed by atoms with Gasteiger partial charge in [0, 0.05) is 37.4 Å². The van der Waals surface area contributed by atoms with Crippen LogP contribution >= 0.6 is 0 Å². The first kappa shape index (κ1) is 13.9. The maximum absolute atomic E-state index is 12.4. The Labute approximate surface area is 124 Å². The van der Waals surface area contributed by atoms with Crippen LogP contribution in [0.25, 0.3) is 0 Å². The molecule has 0 aliphatic heterocycles. The number of nitrogens with zero attached hydrogens (tertiary/aromatic N) is 1. The van der Waals surface area contributed by atoms with Gasteiger partial charge in [-0.1, -0.05) is 0 Å². The molecule has 0 spiro atoms. The summed E-state index contributed by atoms with van der Waals surface area (Å²) in [6.07, 6.45) is 4.05. The molecule has 0 unspecified atom stereocenters. The van der Waals surface area contributed by atoms with E-state index in [2.05, 4.69) is 10.6 Å². The maximum atomic E-state index is 12.4. The van der Waals surface area contributed by atoms with Gasteiger partial charge in [-0.2, -0.15) is 0 Å². The van der Waals surface area contributed by atoms with Crippen LogP contribution in [-0.2, 0) is 4.79 Å². The van der Waals surface area contributed by atoms with Crippen molar-refractivity contribution in [2.24, 2.45) is 5.92 Å². The van der Waals surface area contributed by atoms with Gasteiger partial charge in [-0.05, 0) is 43.9 Å². The number of nitrogens with one attached hydrogen (secondary N) is 2. The fraction of sp³-hybridized carbons (Fsp3) is 0.500. The van der Waals surface area contributed by atoms with Gasteiger partial charge in [0.2, 0.25) is 5.91 Å². The van der Waals surface area contributed by atoms with Gasteiger partial charge in [0.05, 0.1) is 5.56 Å². The summed E-state index contributed by atoms with van der Waals surface area (Å²) in [5.41, 5.74) is 2.16. The Bertz CT molecular complexity index is 575. The smallest absolute Gasteiger partial charge is 0.253 e. The Morgan fingerprint density at radius 3 is 2.43 bits per heavy atom. The van der Waals surface area contributed by atoms with Crippen LogP contribution in [0.15, 0.2) is 18.2 Å². The highest BCUT2D eigenvalue weighted by molar-refractivity contribution is 6.02. The normalized spacial score (nSPS) is 17.2. The minimum Gasteiger partial charge on any atom is -0.377 e. The van der Waals surface area contributed by atoms with Crippen molar-refractivity contribution in [1.82, 2.24) is 5.32 Å². The molecule has 2 aliphatic carbocycles. The number of hydrogen-bond acceptors (Lipinski definition) is 3. The Balaban J connectivity index is 1.81. The molecule has 0 atom stereocenters. The molecule has 21 heavy (non-hydrogen) atoms. The molecule has 2 aliphatic rings. The summed E-state index contributed by atoms with van der Waals surface area (Å²) >= 11 is 0. The van der Waals surface area contributed by atoms with E-state index in [1.165, 1.54) is 0 Å². The topological polar surface area (TPSA) is 61.4 Å². The van der Waals surface area contributed by atoms with Gasteiger partial charge >= 0.3 is 0 Å². The lowest BCUT2D eigenvalue weighted by molar-refractivity contribution is -0.117. The standard InChI is InChI=1S/C16H21N3O2/c1-19(2)14-8-7-12(18-15(20)10-3-4-10)9-13(14)16(21)17-11-5-6-11/h7-11H,3-6H2,1-2H3,(H,17,21)(H,18,20). The van der Waals surface area contributed by atoms with E-state index in [9.17, 15) is 9.59 Å². The van der Waals surface area contributed by atoms with E-state index in [0.717, 1.165) is 31.4 Å². The molecular formula is C16H21N3O2. The fourth-order valence-electron chi connectivity index (χ4n) is 2.27. The lowest BCUT2D eigenvalue weighted by Gasteiger charge is -2.18. The summed E-state index contributed by atoms with van der Waals surface area (Å²) in [6.45, 7) is 0. The molecule has 5 heteroatoms. The monoisotopic (exact) mass is 287 g/mol. The van der Waals surface area contributed by atoms with Gasteiger partial charge in [-0.25, -0.2) is 0 Å².